The number of carbonyl (C=O) groups excluding carboxylic acids is 2. The number of esters is 1. The largest absolute Gasteiger partial charge is 0.497 e. The third-order valence-corrected chi connectivity index (χ3v) is 7.16. The third-order valence-electron chi connectivity index (χ3n) is 7.16. The van der Waals surface area contributed by atoms with Crippen LogP contribution in [0.3, 0.4) is 0 Å². The summed E-state index contributed by atoms with van der Waals surface area (Å²) >= 11 is 0. The summed E-state index contributed by atoms with van der Waals surface area (Å²) in [6.07, 6.45) is 0.678. The predicted octanol–water partition coefficient (Wildman–Crippen LogP) is 5.91. The first kappa shape index (κ1) is 27.8. The quantitative estimate of drug-likeness (QED) is 0.273. The topological polar surface area (TPSA) is 78.8 Å². The van der Waals surface area contributed by atoms with Gasteiger partial charge < -0.3 is 24.1 Å². The van der Waals surface area contributed by atoms with Crippen LogP contribution in [0.4, 0.5) is 0 Å². The highest BCUT2D eigenvalue weighted by Crippen LogP contribution is 2.30. The van der Waals surface area contributed by atoms with Gasteiger partial charge in [-0.15, -0.1) is 0 Å². The molecule has 0 aliphatic carbocycles. The van der Waals surface area contributed by atoms with Crippen molar-refractivity contribution < 1.29 is 23.8 Å². The Morgan fingerprint density at radius 1 is 0.974 bits per heavy atom. The SMILES string of the molecule is COC(=O)C(C)(C)Oc1cccc(Cc2c(C)n(C)c3cc(C(=O)N[C@@H](C)c4cccc(OC)c4)ccc23)c1. The van der Waals surface area contributed by atoms with Crippen molar-refractivity contribution >= 4 is 22.8 Å². The molecule has 0 aliphatic rings. The summed E-state index contributed by atoms with van der Waals surface area (Å²) in [6.45, 7) is 7.41. The van der Waals surface area contributed by atoms with Crippen molar-refractivity contribution in [3.8, 4) is 11.5 Å². The maximum absolute atomic E-state index is 13.1. The molecule has 39 heavy (non-hydrogen) atoms. The van der Waals surface area contributed by atoms with Gasteiger partial charge in [-0.3, -0.25) is 4.79 Å². The number of nitrogens with one attached hydrogen (secondary N) is 1. The van der Waals surface area contributed by atoms with E-state index >= 15 is 0 Å². The Labute approximate surface area is 229 Å². The summed E-state index contributed by atoms with van der Waals surface area (Å²) in [5, 5.41) is 4.19. The molecule has 1 atom stereocenters. The Bertz CT molecular complexity index is 1520. The molecule has 3 aromatic carbocycles. The first-order chi connectivity index (χ1) is 18.5. The van der Waals surface area contributed by atoms with Crippen LogP contribution in [0.2, 0.25) is 0 Å². The predicted molar refractivity (Wildman–Crippen MR) is 153 cm³/mol. The standard InChI is InChI=1S/C32H36N2O5/c1-20(23-11-9-12-25(18-23)37-6)33-30(35)24-14-15-27-28(21(2)34(5)29(27)19-24)17-22-10-8-13-26(16-22)39-32(3,4)31(36)38-7/h8-16,18-20H,17H2,1-7H3,(H,33,35)/t20-/m0/s1. The van der Waals surface area contributed by atoms with Crippen molar-refractivity contribution in [1.29, 1.82) is 0 Å². The Kier molecular flexibility index (Phi) is 8.00. The molecule has 0 fully saturated rings. The Balaban J connectivity index is 1.56. The summed E-state index contributed by atoms with van der Waals surface area (Å²) < 4.78 is 18.2. The number of methoxy groups -OCH3 is 2. The second-order valence-electron chi connectivity index (χ2n) is 10.3. The number of hydrogen-bond donors (Lipinski definition) is 1. The molecular formula is C32H36N2O5. The summed E-state index contributed by atoms with van der Waals surface area (Å²) in [5.41, 5.74) is 4.82. The molecule has 0 saturated carbocycles. The average Bonchev–Trinajstić information content (AvgIpc) is 3.16. The van der Waals surface area contributed by atoms with Crippen LogP contribution in [0, 0.1) is 6.92 Å². The molecule has 1 heterocycles. The minimum atomic E-state index is -1.09. The number of amides is 1. The molecule has 4 rings (SSSR count). The average molecular weight is 529 g/mol. The summed E-state index contributed by atoms with van der Waals surface area (Å²) in [4.78, 5) is 25.2. The van der Waals surface area contributed by atoms with E-state index in [2.05, 4.69) is 16.8 Å². The van der Waals surface area contributed by atoms with Crippen molar-refractivity contribution in [3.05, 3.63) is 94.7 Å². The van der Waals surface area contributed by atoms with E-state index in [-0.39, 0.29) is 11.9 Å². The van der Waals surface area contributed by atoms with Gasteiger partial charge in [-0.25, -0.2) is 4.79 Å². The van der Waals surface area contributed by atoms with Crippen LogP contribution >= 0.6 is 0 Å². The Morgan fingerprint density at radius 3 is 2.41 bits per heavy atom. The van der Waals surface area contributed by atoms with Crippen LogP contribution in [0.15, 0.2) is 66.7 Å². The van der Waals surface area contributed by atoms with Gasteiger partial charge in [0.25, 0.3) is 5.91 Å². The van der Waals surface area contributed by atoms with Gasteiger partial charge in [0.15, 0.2) is 5.60 Å². The molecule has 0 unspecified atom stereocenters. The third kappa shape index (κ3) is 5.93. The highest BCUT2D eigenvalue weighted by Gasteiger charge is 2.31. The van der Waals surface area contributed by atoms with Gasteiger partial charge in [0.05, 0.1) is 20.3 Å². The second kappa shape index (κ2) is 11.2. The van der Waals surface area contributed by atoms with Gasteiger partial charge >= 0.3 is 5.97 Å². The fraction of sp³-hybridized carbons (Fsp3) is 0.312. The number of aryl methyl sites for hydroxylation is 1. The maximum atomic E-state index is 13.1. The molecule has 0 aliphatic heterocycles. The van der Waals surface area contributed by atoms with E-state index in [0.29, 0.717) is 17.7 Å². The number of ether oxygens (including phenoxy) is 3. The number of carbonyl (C=O) groups is 2. The van der Waals surface area contributed by atoms with Gasteiger partial charge in [0, 0.05) is 29.2 Å². The van der Waals surface area contributed by atoms with Crippen molar-refractivity contribution in [3.63, 3.8) is 0 Å². The molecule has 1 aromatic heterocycles. The molecular weight excluding hydrogens is 492 g/mol. The zero-order chi connectivity index (χ0) is 28.3. The second-order valence-corrected chi connectivity index (χ2v) is 10.3. The van der Waals surface area contributed by atoms with Crippen molar-refractivity contribution in [1.82, 2.24) is 9.88 Å². The highest BCUT2D eigenvalue weighted by atomic mass is 16.6. The number of hydrogen-bond acceptors (Lipinski definition) is 5. The van der Waals surface area contributed by atoms with E-state index in [9.17, 15) is 9.59 Å². The molecule has 1 N–H and O–H groups in total. The summed E-state index contributed by atoms with van der Waals surface area (Å²) in [5.74, 6) is 0.789. The monoisotopic (exact) mass is 528 g/mol. The lowest BCUT2D eigenvalue weighted by atomic mass is 10.0. The molecule has 1 amide bonds. The van der Waals surface area contributed by atoms with Gasteiger partial charge in [0.1, 0.15) is 11.5 Å². The van der Waals surface area contributed by atoms with Gasteiger partial charge in [-0.05, 0) is 87.2 Å². The number of rotatable bonds is 9. The van der Waals surface area contributed by atoms with E-state index < -0.39 is 11.6 Å². The van der Waals surface area contributed by atoms with Crippen LogP contribution in [0.25, 0.3) is 10.9 Å². The summed E-state index contributed by atoms with van der Waals surface area (Å²) in [6, 6.07) is 21.1. The van der Waals surface area contributed by atoms with Crippen LogP contribution in [-0.4, -0.2) is 36.3 Å². The van der Waals surface area contributed by atoms with Crippen molar-refractivity contribution in [2.24, 2.45) is 7.05 Å². The van der Waals surface area contributed by atoms with Gasteiger partial charge in [-0.1, -0.05) is 30.3 Å². The smallest absolute Gasteiger partial charge is 0.349 e. The normalized spacial score (nSPS) is 12.2. The lowest BCUT2D eigenvalue weighted by Gasteiger charge is -2.23. The minimum absolute atomic E-state index is 0.134. The molecule has 0 spiro atoms. The molecule has 0 radical (unpaired) electrons. The first-order valence-corrected chi connectivity index (χ1v) is 12.9. The minimum Gasteiger partial charge on any atom is -0.497 e. The van der Waals surface area contributed by atoms with E-state index in [4.69, 9.17) is 14.2 Å². The maximum Gasteiger partial charge on any atom is 0.349 e. The van der Waals surface area contributed by atoms with Gasteiger partial charge in [0.2, 0.25) is 0 Å². The van der Waals surface area contributed by atoms with Crippen LogP contribution < -0.4 is 14.8 Å². The van der Waals surface area contributed by atoms with Crippen LogP contribution in [0.5, 0.6) is 11.5 Å². The number of benzene rings is 3. The summed E-state index contributed by atoms with van der Waals surface area (Å²) in [7, 11) is 4.99. The fourth-order valence-electron chi connectivity index (χ4n) is 4.79. The Hall–Kier alpha value is -4.26. The first-order valence-electron chi connectivity index (χ1n) is 12.9. The van der Waals surface area contributed by atoms with Crippen LogP contribution in [0.1, 0.15) is 59.6 Å². The van der Waals surface area contributed by atoms with Crippen molar-refractivity contribution in [2.75, 3.05) is 14.2 Å². The van der Waals surface area contributed by atoms with Crippen molar-refractivity contribution in [2.45, 2.75) is 45.8 Å². The lowest BCUT2D eigenvalue weighted by molar-refractivity contribution is -0.156. The van der Waals surface area contributed by atoms with E-state index in [1.54, 1.807) is 21.0 Å². The highest BCUT2D eigenvalue weighted by molar-refractivity contribution is 5.99. The molecule has 7 nitrogen and oxygen atoms in total. The molecule has 4 aromatic rings. The van der Waals surface area contributed by atoms with Gasteiger partial charge in [-0.2, -0.15) is 0 Å². The molecule has 0 bridgehead atoms. The van der Waals surface area contributed by atoms with E-state index in [1.165, 1.54) is 12.7 Å². The number of aromatic nitrogens is 1. The molecule has 0 saturated heterocycles. The van der Waals surface area contributed by atoms with E-state index in [0.717, 1.165) is 33.5 Å². The zero-order valence-electron chi connectivity index (χ0n) is 23.6. The lowest BCUT2D eigenvalue weighted by Crippen LogP contribution is -2.39. The molecule has 7 heteroatoms. The number of nitrogens with zero attached hydrogens (tertiary/aromatic N) is 1. The zero-order valence-corrected chi connectivity index (χ0v) is 23.6. The molecule has 204 valence electrons. The fourth-order valence-corrected chi connectivity index (χ4v) is 4.79. The Morgan fingerprint density at radius 2 is 1.69 bits per heavy atom. The van der Waals surface area contributed by atoms with E-state index in [1.807, 2.05) is 80.7 Å². The number of fused-ring (bicyclic) bond motifs is 1. The van der Waals surface area contributed by atoms with Crippen LogP contribution in [-0.2, 0) is 23.0 Å².